The van der Waals surface area contributed by atoms with Crippen molar-refractivity contribution in [1.82, 2.24) is 24.8 Å². The summed E-state index contributed by atoms with van der Waals surface area (Å²) in [5, 5.41) is 13.0. The Kier molecular flexibility index (Phi) is 3.70. The number of aromatic nitrogens is 5. The Hall–Kier alpha value is -2.21. The molecule has 0 aliphatic carbocycles. The van der Waals surface area contributed by atoms with Gasteiger partial charge in [0.25, 0.3) is 5.91 Å². The number of carbonyl (C=O) groups is 1. The van der Waals surface area contributed by atoms with Gasteiger partial charge in [0.1, 0.15) is 5.52 Å². The number of halogens is 1. The van der Waals surface area contributed by atoms with Crippen molar-refractivity contribution < 1.29 is 4.79 Å². The number of aryl methyl sites for hydroxylation is 1. The minimum absolute atomic E-state index is 0.110. The van der Waals surface area contributed by atoms with Crippen molar-refractivity contribution in [3.05, 3.63) is 40.7 Å². The van der Waals surface area contributed by atoms with Crippen molar-refractivity contribution in [2.24, 2.45) is 0 Å². The van der Waals surface area contributed by atoms with E-state index < -0.39 is 0 Å². The third kappa shape index (κ3) is 2.39. The molecule has 0 bridgehead atoms. The highest BCUT2D eigenvalue weighted by atomic mass is 35.5. The predicted octanol–water partition coefficient (Wildman–Crippen LogP) is 3.19. The second-order valence-electron chi connectivity index (χ2n) is 5.37. The smallest absolute Gasteiger partial charge is 0.250 e. The third-order valence-electron chi connectivity index (χ3n) is 3.71. The lowest BCUT2D eigenvalue weighted by Gasteiger charge is -2.13. The maximum atomic E-state index is 12.5. The summed E-state index contributed by atoms with van der Waals surface area (Å²) in [4.78, 5) is 12.5. The molecule has 3 rings (SSSR count). The van der Waals surface area contributed by atoms with E-state index in [2.05, 4.69) is 15.4 Å². The maximum absolute atomic E-state index is 12.5. The molecule has 1 aromatic carbocycles. The van der Waals surface area contributed by atoms with E-state index in [0.29, 0.717) is 16.1 Å². The molecule has 3 aromatic rings. The van der Waals surface area contributed by atoms with E-state index in [0.717, 1.165) is 11.4 Å². The molecule has 0 spiro atoms. The molecule has 7 heteroatoms. The first-order valence-corrected chi connectivity index (χ1v) is 7.41. The summed E-state index contributed by atoms with van der Waals surface area (Å²) < 4.78 is 3.13. The fraction of sp³-hybridized carbons (Fsp3) is 0.333. The molecule has 0 fully saturated rings. The van der Waals surface area contributed by atoms with Crippen LogP contribution in [0.15, 0.2) is 24.3 Å². The molecule has 0 amide bonds. The summed E-state index contributed by atoms with van der Waals surface area (Å²) in [6.07, 6.45) is 0.269. The molecule has 2 heterocycles. The van der Waals surface area contributed by atoms with Crippen LogP contribution >= 0.6 is 11.6 Å². The van der Waals surface area contributed by atoms with Gasteiger partial charge in [-0.25, -0.2) is 0 Å². The molecule has 22 heavy (non-hydrogen) atoms. The molecule has 0 saturated carbocycles. The van der Waals surface area contributed by atoms with E-state index in [1.807, 2.05) is 45.0 Å². The van der Waals surface area contributed by atoms with Crippen LogP contribution in [0.5, 0.6) is 0 Å². The van der Waals surface area contributed by atoms with Gasteiger partial charge in [0.15, 0.2) is 0 Å². The Labute approximate surface area is 132 Å². The largest absolute Gasteiger partial charge is 0.272 e. The number of fused-ring (bicyclic) bond motifs is 1. The first-order chi connectivity index (χ1) is 10.5. The van der Waals surface area contributed by atoms with Gasteiger partial charge < -0.3 is 0 Å². The lowest BCUT2D eigenvalue weighted by molar-refractivity contribution is 0.0869. The van der Waals surface area contributed by atoms with Crippen LogP contribution in [0.4, 0.5) is 0 Å². The van der Waals surface area contributed by atoms with Crippen LogP contribution in [0.3, 0.4) is 0 Å². The molecular weight excluding hydrogens is 302 g/mol. The molecule has 0 aliphatic rings. The van der Waals surface area contributed by atoms with Crippen LogP contribution < -0.4 is 0 Å². The lowest BCUT2D eigenvalue weighted by atomic mass is 10.2. The summed E-state index contributed by atoms with van der Waals surface area (Å²) in [6, 6.07) is 7.28. The van der Waals surface area contributed by atoms with Crippen molar-refractivity contribution in [3.8, 4) is 0 Å². The quantitative estimate of drug-likeness (QED) is 0.744. The van der Waals surface area contributed by atoms with Gasteiger partial charge in [-0.05, 0) is 32.9 Å². The lowest BCUT2D eigenvalue weighted by Crippen LogP contribution is -2.19. The molecule has 6 nitrogen and oxygen atoms in total. The average molecular weight is 318 g/mol. The molecule has 0 saturated heterocycles. The number of rotatable bonds is 3. The standard InChI is InChI=1S/C15H16ClN5O/c1-9(20-11(3)15(16)10(2)18-20)8-14(22)21-13-7-5-4-6-12(13)17-19-21/h4-7,9H,8H2,1-3H3/t9-/m1/s1. The van der Waals surface area contributed by atoms with E-state index >= 15 is 0 Å². The SMILES string of the molecule is Cc1nn([C@H](C)CC(=O)n2nnc3ccccc32)c(C)c1Cl. The minimum Gasteiger partial charge on any atom is -0.272 e. The first-order valence-electron chi connectivity index (χ1n) is 7.04. The molecule has 0 aliphatic heterocycles. The topological polar surface area (TPSA) is 65.6 Å². The van der Waals surface area contributed by atoms with Gasteiger partial charge >= 0.3 is 0 Å². The second kappa shape index (κ2) is 5.53. The summed E-state index contributed by atoms with van der Waals surface area (Å²) in [5.41, 5.74) is 3.05. The number of benzene rings is 1. The summed E-state index contributed by atoms with van der Waals surface area (Å²) in [5.74, 6) is -0.120. The van der Waals surface area contributed by atoms with E-state index in [9.17, 15) is 4.79 Å². The first kappa shape index (κ1) is 14.7. The van der Waals surface area contributed by atoms with Crippen LogP contribution in [0.25, 0.3) is 11.0 Å². The predicted molar refractivity (Wildman–Crippen MR) is 84.2 cm³/mol. The zero-order valence-electron chi connectivity index (χ0n) is 12.6. The van der Waals surface area contributed by atoms with E-state index in [-0.39, 0.29) is 18.4 Å². The number of hydrogen-bond donors (Lipinski definition) is 0. The number of para-hydroxylation sites is 1. The zero-order chi connectivity index (χ0) is 15.9. The number of hydrogen-bond acceptors (Lipinski definition) is 4. The van der Waals surface area contributed by atoms with Gasteiger partial charge in [-0.2, -0.15) is 9.78 Å². The Morgan fingerprint density at radius 3 is 2.73 bits per heavy atom. The van der Waals surface area contributed by atoms with Crippen molar-refractivity contribution in [3.63, 3.8) is 0 Å². The Morgan fingerprint density at radius 2 is 2.05 bits per heavy atom. The summed E-state index contributed by atoms with van der Waals surface area (Å²) >= 11 is 6.16. The van der Waals surface area contributed by atoms with Crippen molar-refractivity contribution in [2.45, 2.75) is 33.2 Å². The molecule has 114 valence electrons. The van der Waals surface area contributed by atoms with Crippen LogP contribution in [-0.4, -0.2) is 30.7 Å². The van der Waals surface area contributed by atoms with Crippen LogP contribution in [0.1, 0.15) is 35.6 Å². The average Bonchev–Trinajstić information content (AvgIpc) is 3.04. The van der Waals surface area contributed by atoms with E-state index in [1.54, 1.807) is 4.68 Å². The van der Waals surface area contributed by atoms with Gasteiger partial charge in [0.05, 0.1) is 34.4 Å². The second-order valence-corrected chi connectivity index (χ2v) is 5.74. The van der Waals surface area contributed by atoms with Crippen molar-refractivity contribution in [1.29, 1.82) is 0 Å². The number of carbonyl (C=O) groups excluding carboxylic acids is 1. The van der Waals surface area contributed by atoms with Gasteiger partial charge in [-0.3, -0.25) is 9.48 Å². The highest BCUT2D eigenvalue weighted by Crippen LogP contribution is 2.24. The highest BCUT2D eigenvalue weighted by molar-refractivity contribution is 6.31. The van der Waals surface area contributed by atoms with Crippen molar-refractivity contribution in [2.75, 3.05) is 0 Å². The number of nitrogens with zero attached hydrogens (tertiary/aromatic N) is 5. The van der Waals surface area contributed by atoms with Crippen molar-refractivity contribution >= 4 is 28.5 Å². The van der Waals surface area contributed by atoms with Gasteiger partial charge in [-0.15, -0.1) is 5.10 Å². The molecule has 0 radical (unpaired) electrons. The molecule has 1 atom stereocenters. The fourth-order valence-corrected chi connectivity index (χ4v) is 2.68. The van der Waals surface area contributed by atoms with Gasteiger partial charge in [0, 0.05) is 0 Å². The Bertz CT molecular complexity index is 851. The van der Waals surface area contributed by atoms with E-state index in [1.165, 1.54) is 4.68 Å². The van der Waals surface area contributed by atoms with Crippen LogP contribution in [0.2, 0.25) is 5.02 Å². The molecule has 2 aromatic heterocycles. The minimum atomic E-state index is -0.120. The molecular formula is C15H16ClN5O. The fourth-order valence-electron chi connectivity index (χ4n) is 2.55. The maximum Gasteiger partial charge on any atom is 0.250 e. The third-order valence-corrected chi connectivity index (χ3v) is 4.26. The molecule has 0 unspecified atom stereocenters. The Morgan fingerprint density at radius 1 is 1.32 bits per heavy atom. The Balaban J connectivity index is 1.86. The van der Waals surface area contributed by atoms with E-state index in [4.69, 9.17) is 11.6 Å². The van der Waals surface area contributed by atoms with Crippen LogP contribution in [-0.2, 0) is 0 Å². The zero-order valence-corrected chi connectivity index (χ0v) is 13.4. The van der Waals surface area contributed by atoms with Crippen LogP contribution in [0, 0.1) is 13.8 Å². The monoisotopic (exact) mass is 317 g/mol. The highest BCUT2D eigenvalue weighted by Gasteiger charge is 2.19. The normalized spacial score (nSPS) is 12.7. The van der Waals surface area contributed by atoms with Gasteiger partial charge in [-0.1, -0.05) is 28.9 Å². The van der Waals surface area contributed by atoms with Gasteiger partial charge in [0.2, 0.25) is 0 Å². The summed E-state index contributed by atoms with van der Waals surface area (Å²) in [6.45, 7) is 5.69. The molecule has 0 N–H and O–H groups in total. The summed E-state index contributed by atoms with van der Waals surface area (Å²) in [7, 11) is 0.